The average Bonchev–Trinajstić information content (AvgIpc) is 2.34. The second-order valence-electron chi connectivity index (χ2n) is 3.73. The summed E-state index contributed by atoms with van der Waals surface area (Å²) in [7, 11) is 0. The number of carbonyl (C=O) groups excluding carboxylic acids is 1. The van der Waals surface area contributed by atoms with Crippen molar-refractivity contribution in [3.05, 3.63) is 47.5 Å². The third kappa shape index (κ3) is 2.06. The fraction of sp³-hybridized carbons (Fsp3) is 0. The van der Waals surface area contributed by atoms with Crippen LogP contribution in [0.2, 0.25) is 0 Å². The van der Waals surface area contributed by atoms with Crippen molar-refractivity contribution in [2.45, 2.75) is 0 Å². The number of rotatable bonds is 2. The molecule has 0 aromatic heterocycles. The van der Waals surface area contributed by atoms with E-state index in [9.17, 15) is 25.2 Å². The van der Waals surface area contributed by atoms with Gasteiger partial charge in [-0.2, -0.15) is 0 Å². The molecule has 4 N–H and O–H groups in total. The van der Waals surface area contributed by atoms with Gasteiger partial charge in [-0.3, -0.25) is 4.79 Å². The molecule has 0 heterocycles. The van der Waals surface area contributed by atoms with Crippen LogP contribution in [0.25, 0.3) is 0 Å². The topological polar surface area (TPSA) is 98.0 Å². The number of benzene rings is 2. The fourth-order valence-corrected chi connectivity index (χ4v) is 1.56. The fourth-order valence-electron chi connectivity index (χ4n) is 1.56. The van der Waals surface area contributed by atoms with E-state index in [1.807, 2.05) is 0 Å². The Kier molecular flexibility index (Phi) is 2.81. The van der Waals surface area contributed by atoms with Crippen molar-refractivity contribution >= 4 is 5.78 Å². The Balaban J connectivity index is 2.54. The van der Waals surface area contributed by atoms with Crippen molar-refractivity contribution < 1.29 is 25.2 Å². The molecular weight excluding hydrogens is 236 g/mol. The summed E-state index contributed by atoms with van der Waals surface area (Å²) >= 11 is 0. The van der Waals surface area contributed by atoms with Crippen molar-refractivity contribution in [2.24, 2.45) is 0 Å². The van der Waals surface area contributed by atoms with E-state index in [-0.39, 0.29) is 34.1 Å². The van der Waals surface area contributed by atoms with Gasteiger partial charge >= 0.3 is 0 Å². The lowest BCUT2D eigenvalue weighted by Gasteiger charge is -2.06. The summed E-state index contributed by atoms with van der Waals surface area (Å²) in [6.45, 7) is 0. The largest absolute Gasteiger partial charge is 0.508 e. The number of phenolic OH excluding ortho intramolecular Hbond substituents is 4. The maximum Gasteiger partial charge on any atom is 0.200 e. The SMILES string of the molecule is O=C(c1cc(O)ccc1O)c1cc(O)ccc1O. The molecule has 0 aliphatic carbocycles. The van der Waals surface area contributed by atoms with Crippen molar-refractivity contribution in [1.82, 2.24) is 0 Å². The standard InChI is InChI=1S/C13H10O5/c14-7-1-3-11(16)9(5-7)13(18)10-6-8(15)2-4-12(10)17/h1-6,14-17H. The minimum atomic E-state index is -0.697. The molecule has 0 fully saturated rings. The van der Waals surface area contributed by atoms with Crippen LogP contribution >= 0.6 is 0 Å². The minimum Gasteiger partial charge on any atom is -0.508 e. The molecule has 5 heteroatoms. The second kappa shape index (κ2) is 4.29. The van der Waals surface area contributed by atoms with Crippen LogP contribution in [0, 0.1) is 0 Å². The number of ketones is 1. The highest BCUT2D eigenvalue weighted by atomic mass is 16.3. The van der Waals surface area contributed by atoms with Crippen LogP contribution in [0.4, 0.5) is 0 Å². The first kappa shape index (κ1) is 11.8. The molecule has 2 aromatic rings. The number of hydrogen-bond donors (Lipinski definition) is 4. The quantitative estimate of drug-likeness (QED) is 0.478. The lowest BCUT2D eigenvalue weighted by molar-refractivity contribution is 0.103. The van der Waals surface area contributed by atoms with Crippen LogP contribution < -0.4 is 0 Å². The van der Waals surface area contributed by atoms with E-state index in [1.54, 1.807) is 0 Å². The molecule has 5 nitrogen and oxygen atoms in total. The highest BCUT2D eigenvalue weighted by molar-refractivity contribution is 6.12. The van der Waals surface area contributed by atoms with Crippen molar-refractivity contribution in [3.8, 4) is 23.0 Å². The first-order valence-corrected chi connectivity index (χ1v) is 5.07. The molecule has 0 aliphatic heterocycles. The molecule has 0 amide bonds. The van der Waals surface area contributed by atoms with Crippen molar-refractivity contribution in [1.29, 1.82) is 0 Å². The summed E-state index contributed by atoms with van der Waals surface area (Å²) in [4.78, 5) is 12.1. The number of aromatic hydroxyl groups is 4. The number of hydrogen-bond acceptors (Lipinski definition) is 5. The molecule has 0 radical (unpaired) electrons. The Morgan fingerprint density at radius 2 is 1.11 bits per heavy atom. The summed E-state index contributed by atoms with van der Waals surface area (Å²) in [5.41, 5.74) is -0.313. The number of carbonyl (C=O) groups is 1. The summed E-state index contributed by atoms with van der Waals surface area (Å²) in [6, 6.07) is 6.97. The second-order valence-corrected chi connectivity index (χ2v) is 3.73. The molecular formula is C13H10O5. The summed E-state index contributed by atoms with van der Waals surface area (Å²) in [5.74, 6) is -1.70. The highest BCUT2D eigenvalue weighted by Crippen LogP contribution is 2.29. The Morgan fingerprint density at radius 1 is 0.722 bits per heavy atom. The van der Waals surface area contributed by atoms with Gasteiger partial charge in [-0.05, 0) is 36.4 Å². The van der Waals surface area contributed by atoms with Gasteiger partial charge in [0.05, 0.1) is 11.1 Å². The zero-order valence-electron chi connectivity index (χ0n) is 9.16. The molecule has 0 saturated heterocycles. The summed E-state index contributed by atoms with van der Waals surface area (Å²) in [5, 5.41) is 37.7. The van der Waals surface area contributed by atoms with Gasteiger partial charge in [-0.25, -0.2) is 0 Å². The molecule has 0 aliphatic rings. The minimum absolute atomic E-state index is 0.157. The Bertz CT molecular complexity index is 565. The molecule has 0 saturated carbocycles. The smallest absolute Gasteiger partial charge is 0.200 e. The van der Waals surface area contributed by atoms with Crippen LogP contribution in [0.3, 0.4) is 0 Å². The first-order chi connectivity index (χ1) is 8.49. The van der Waals surface area contributed by atoms with Gasteiger partial charge in [0.25, 0.3) is 0 Å². The van der Waals surface area contributed by atoms with Crippen molar-refractivity contribution in [2.75, 3.05) is 0 Å². The molecule has 0 spiro atoms. The van der Waals surface area contributed by atoms with Gasteiger partial charge in [0, 0.05) is 0 Å². The molecule has 2 rings (SSSR count). The maximum absolute atomic E-state index is 12.1. The third-order valence-electron chi connectivity index (χ3n) is 2.45. The van der Waals surface area contributed by atoms with E-state index in [0.29, 0.717) is 0 Å². The monoisotopic (exact) mass is 246 g/mol. The van der Waals surface area contributed by atoms with Crippen molar-refractivity contribution in [3.63, 3.8) is 0 Å². The zero-order valence-corrected chi connectivity index (χ0v) is 9.16. The predicted molar refractivity (Wildman–Crippen MR) is 63.0 cm³/mol. The van der Waals surface area contributed by atoms with Gasteiger partial charge < -0.3 is 20.4 Å². The molecule has 18 heavy (non-hydrogen) atoms. The maximum atomic E-state index is 12.1. The molecule has 2 aromatic carbocycles. The predicted octanol–water partition coefficient (Wildman–Crippen LogP) is 1.74. The highest BCUT2D eigenvalue weighted by Gasteiger charge is 2.18. The third-order valence-corrected chi connectivity index (χ3v) is 2.45. The molecule has 92 valence electrons. The van der Waals surface area contributed by atoms with E-state index >= 15 is 0 Å². The Labute approximate surface area is 102 Å². The Hall–Kier alpha value is -2.69. The van der Waals surface area contributed by atoms with E-state index in [1.165, 1.54) is 24.3 Å². The van der Waals surface area contributed by atoms with Gasteiger partial charge in [0.1, 0.15) is 23.0 Å². The van der Waals surface area contributed by atoms with Gasteiger partial charge in [0.2, 0.25) is 5.78 Å². The molecule has 0 unspecified atom stereocenters. The van der Waals surface area contributed by atoms with Crippen LogP contribution in [0.5, 0.6) is 23.0 Å². The summed E-state index contributed by atoms with van der Waals surface area (Å²) in [6.07, 6.45) is 0. The average molecular weight is 246 g/mol. The molecule has 0 atom stereocenters. The lowest BCUT2D eigenvalue weighted by atomic mass is 10.0. The van der Waals surface area contributed by atoms with Crippen LogP contribution in [-0.2, 0) is 0 Å². The van der Waals surface area contributed by atoms with Gasteiger partial charge in [0.15, 0.2) is 0 Å². The summed E-state index contributed by atoms with van der Waals surface area (Å²) < 4.78 is 0. The zero-order chi connectivity index (χ0) is 13.3. The van der Waals surface area contributed by atoms with Crippen LogP contribution in [-0.4, -0.2) is 26.2 Å². The van der Waals surface area contributed by atoms with Gasteiger partial charge in [-0.15, -0.1) is 0 Å². The first-order valence-electron chi connectivity index (χ1n) is 5.07. The van der Waals surface area contributed by atoms with Gasteiger partial charge in [-0.1, -0.05) is 0 Å². The van der Waals surface area contributed by atoms with Crippen LogP contribution in [0.15, 0.2) is 36.4 Å². The van der Waals surface area contributed by atoms with E-state index in [4.69, 9.17) is 0 Å². The van der Waals surface area contributed by atoms with E-state index in [0.717, 1.165) is 12.1 Å². The number of phenols is 4. The lowest BCUT2D eigenvalue weighted by Crippen LogP contribution is -2.02. The molecule has 0 bridgehead atoms. The van der Waals surface area contributed by atoms with Crippen LogP contribution in [0.1, 0.15) is 15.9 Å². The Morgan fingerprint density at radius 3 is 1.50 bits per heavy atom. The van der Waals surface area contributed by atoms with E-state index < -0.39 is 5.78 Å². The van der Waals surface area contributed by atoms with E-state index in [2.05, 4.69) is 0 Å². The normalized spacial score (nSPS) is 10.2.